The molecule has 0 spiro atoms. The summed E-state index contributed by atoms with van der Waals surface area (Å²) >= 11 is 0. The Hall–Kier alpha value is -0.610. The first kappa shape index (κ1) is 16.4. The molecule has 0 atom stereocenters. The van der Waals surface area contributed by atoms with Crippen LogP contribution in [0.4, 0.5) is 0 Å². The standard InChI is InChI=1S/C13H27NO3/c1-5-17-12(15)9-7-6-8-10-14-11-13(2,3)16-4/h14H,5-11H2,1-4H3. The molecule has 17 heavy (non-hydrogen) atoms. The van der Waals surface area contributed by atoms with E-state index in [1.165, 1.54) is 0 Å². The van der Waals surface area contributed by atoms with Crippen LogP contribution in [-0.2, 0) is 14.3 Å². The number of nitrogens with one attached hydrogen (secondary N) is 1. The van der Waals surface area contributed by atoms with Crippen LogP contribution in [0, 0.1) is 0 Å². The van der Waals surface area contributed by atoms with Gasteiger partial charge in [0.1, 0.15) is 0 Å². The maximum atomic E-state index is 11.0. The molecule has 0 aliphatic carbocycles. The summed E-state index contributed by atoms with van der Waals surface area (Å²) in [5, 5.41) is 3.35. The zero-order valence-electron chi connectivity index (χ0n) is 11.7. The van der Waals surface area contributed by atoms with Crippen molar-refractivity contribution in [3.8, 4) is 0 Å². The van der Waals surface area contributed by atoms with Gasteiger partial charge in [-0.1, -0.05) is 6.42 Å². The molecule has 0 aliphatic rings. The molecule has 0 heterocycles. The Morgan fingerprint density at radius 2 is 1.94 bits per heavy atom. The fourth-order valence-electron chi connectivity index (χ4n) is 1.39. The minimum absolute atomic E-state index is 0.0824. The summed E-state index contributed by atoms with van der Waals surface area (Å²) in [6, 6.07) is 0. The second-order valence-corrected chi connectivity index (χ2v) is 4.76. The molecule has 0 aliphatic heterocycles. The third-order valence-electron chi connectivity index (χ3n) is 2.64. The zero-order chi connectivity index (χ0) is 13.1. The van der Waals surface area contributed by atoms with Crippen molar-refractivity contribution >= 4 is 5.97 Å². The van der Waals surface area contributed by atoms with E-state index in [0.717, 1.165) is 32.4 Å². The van der Waals surface area contributed by atoms with Crippen LogP contribution in [0.2, 0.25) is 0 Å². The van der Waals surface area contributed by atoms with Crippen LogP contribution in [0.5, 0.6) is 0 Å². The monoisotopic (exact) mass is 245 g/mol. The predicted octanol–water partition coefficient (Wildman–Crippen LogP) is 2.12. The van der Waals surface area contributed by atoms with Gasteiger partial charge in [-0.2, -0.15) is 0 Å². The molecule has 0 aromatic heterocycles. The number of carbonyl (C=O) groups excluding carboxylic acids is 1. The Morgan fingerprint density at radius 1 is 1.24 bits per heavy atom. The highest BCUT2D eigenvalue weighted by atomic mass is 16.5. The van der Waals surface area contributed by atoms with Crippen molar-refractivity contribution in [1.29, 1.82) is 0 Å². The molecule has 4 nitrogen and oxygen atoms in total. The van der Waals surface area contributed by atoms with Crippen LogP contribution in [0.1, 0.15) is 46.5 Å². The van der Waals surface area contributed by atoms with Crippen molar-refractivity contribution in [1.82, 2.24) is 5.32 Å². The summed E-state index contributed by atoms with van der Waals surface area (Å²) < 4.78 is 10.2. The molecule has 0 unspecified atom stereocenters. The molecule has 0 amide bonds. The van der Waals surface area contributed by atoms with Gasteiger partial charge in [0.15, 0.2) is 0 Å². The van der Waals surface area contributed by atoms with Gasteiger partial charge in [0.25, 0.3) is 0 Å². The molecule has 0 bridgehead atoms. The van der Waals surface area contributed by atoms with Crippen molar-refractivity contribution in [2.45, 2.75) is 52.1 Å². The average Bonchev–Trinajstić information content (AvgIpc) is 2.28. The summed E-state index contributed by atoms with van der Waals surface area (Å²) in [6.07, 6.45) is 3.59. The molecule has 0 aromatic rings. The maximum Gasteiger partial charge on any atom is 0.305 e. The molecule has 4 heteroatoms. The van der Waals surface area contributed by atoms with E-state index in [2.05, 4.69) is 19.2 Å². The first-order valence-electron chi connectivity index (χ1n) is 6.43. The smallest absolute Gasteiger partial charge is 0.305 e. The van der Waals surface area contributed by atoms with E-state index in [0.29, 0.717) is 13.0 Å². The fraction of sp³-hybridized carbons (Fsp3) is 0.923. The van der Waals surface area contributed by atoms with Gasteiger partial charge in [0, 0.05) is 20.1 Å². The van der Waals surface area contributed by atoms with Crippen LogP contribution < -0.4 is 5.32 Å². The lowest BCUT2D eigenvalue weighted by Crippen LogP contribution is -2.37. The second-order valence-electron chi connectivity index (χ2n) is 4.76. The SMILES string of the molecule is CCOC(=O)CCCCCNCC(C)(C)OC. The number of rotatable bonds is 10. The van der Waals surface area contributed by atoms with E-state index in [9.17, 15) is 4.79 Å². The molecule has 0 saturated heterocycles. The quantitative estimate of drug-likeness (QED) is 0.473. The number of carbonyl (C=O) groups is 1. The summed E-state index contributed by atoms with van der Waals surface area (Å²) in [5.41, 5.74) is -0.106. The molecular formula is C13H27NO3. The van der Waals surface area contributed by atoms with Crippen molar-refractivity contribution in [2.24, 2.45) is 0 Å². The van der Waals surface area contributed by atoms with E-state index < -0.39 is 0 Å². The van der Waals surface area contributed by atoms with Gasteiger partial charge in [-0.25, -0.2) is 0 Å². The van der Waals surface area contributed by atoms with Gasteiger partial charge in [-0.05, 0) is 40.2 Å². The molecule has 102 valence electrons. The molecule has 1 N–H and O–H groups in total. The average molecular weight is 245 g/mol. The van der Waals surface area contributed by atoms with Crippen LogP contribution in [0.3, 0.4) is 0 Å². The van der Waals surface area contributed by atoms with Gasteiger partial charge < -0.3 is 14.8 Å². The third-order valence-corrected chi connectivity index (χ3v) is 2.64. The lowest BCUT2D eigenvalue weighted by molar-refractivity contribution is -0.143. The van der Waals surface area contributed by atoms with E-state index in [1.807, 2.05) is 6.92 Å². The van der Waals surface area contributed by atoms with Crippen molar-refractivity contribution < 1.29 is 14.3 Å². The summed E-state index contributed by atoms with van der Waals surface area (Å²) in [7, 11) is 1.72. The van der Waals surface area contributed by atoms with Crippen LogP contribution in [-0.4, -0.2) is 38.4 Å². The molecule has 0 radical (unpaired) electrons. The summed E-state index contributed by atoms with van der Waals surface area (Å²) in [6.45, 7) is 8.24. The van der Waals surface area contributed by atoms with Crippen molar-refractivity contribution in [2.75, 3.05) is 26.8 Å². The Labute approximate surface area is 105 Å². The fourth-order valence-corrected chi connectivity index (χ4v) is 1.39. The van der Waals surface area contributed by atoms with Crippen LogP contribution in [0.15, 0.2) is 0 Å². The topological polar surface area (TPSA) is 47.6 Å². The largest absolute Gasteiger partial charge is 0.466 e. The van der Waals surface area contributed by atoms with Gasteiger partial charge in [-0.15, -0.1) is 0 Å². The first-order chi connectivity index (χ1) is 8.02. The Kier molecular flexibility index (Phi) is 9.09. The highest BCUT2D eigenvalue weighted by Gasteiger charge is 2.14. The molecular weight excluding hydrogens is 218 g/mol. The second kappa shape index (κ2) is 9.42. The number of hydrogen-bond donors (Lipinski definition) is 1. The highest BCUT2D eigenvalue weighted by molar-refractivity contribution is 5.69. The normalized spacial score (nSPS) is 11.5. The number of methoxy groups -OCH3 is 1. The lowest BCUT2D eigenvalue weighted by Gasteiger charge is -2.23. The zero-order valence-corrected chi connectivity index (χ0v) is 11.7. The molecule has 0 aromatic carbocycles. The molecule has 0 saturated carbocycles. The highest BCUT2D eigenvalue weighted by Crippen LogP contribution is 2.05. The van der Waals surface area contributed by atoms with Crippen molar-refractivity contribution in [3.63, 3.8) is 0 Å². The molecule has 0 fully saturated rings. The number of hydrogen-bond acceptors (Lipinski definition) is 4. The van der Waals surface area contributed by atoms with Gasteiger partial charge in [-0.3, -0.25) is 4.79 Å². The van der Waals surface area contributed by atoms with E-state index in [1.54, 1.807) is 7.11 Å². The van der Waals surface area contributed by atoms with E-state index in [-0.39, 0.29) is 11.6 Å². The maximum absolute atomic E-state index is 11.0. The number of unbranched alkanes of at least 4 members (excludes halogenated alkanes) is 2. The minimum Gasteiger partial charge on any atom is -0.466 e. The van der Waals surface area contributed by atoms with Gasteiger partial charge in [0.2, 0.25) is 0 Å². The summed E-state index contributed by atoms with van der Waals surface area (Å²) in [5.74, 6) is -0.0824. The van der Waals surface area contributed by atoms with Crippen molar-refractivity contribution in [3.05, 3.63) is 0 Å². The van der Waals surface area contributed by atoms with Crippen LogP contribution >= 0.6 is 0 Å². The first-order valence-corrected chi connectivity index (χ1v) is 6.43. The number of esters is 1. The summed E-state index contributed by atoms with van der Waals surface area (Å²) in [4.78, 5) is 11.0. The third kappa shape index (κ3) is 10.3. The Morgan fingerprint density at radius 3 is 2.53 bits per heavy atom. The van der Waals surface area contributed by atoms with Gasteiger partial charge in [0.05, 0.1) is 12.2 Å². The molecule has 0 rings (SSSR count). The van der Waals surface area contributed by atoms with Crippen LogP contribution in [0.25, 0.3) is 0 Å². The Bertz CT molecular complexity index is 205. The minimum atomic E-state index is -0.106. The Balaban J connectivity index is 3.27. The van der Waals surface area contributed by atoms with Gasteiger partial charge >= 0.3 is 5.97 Å². The lowest BCUT2D eigenvalue weighted by atomic mass is 10.1. The predicted molar refractivity (Wildman–Crippen MR) is 69.1 cm³/mol. The van der Waals surface area contributed by atoms with E-state index in [4.69, 9.17) is 9.47 Å². The number of ether oxygens (including phenoxy) is 2. The van der Waals surface area contributed by atoms with E-state index >= 15 is 0 Å².